The van der Waals surface area contributed by atoms with Crippen molar-refractivity contribution in [2.45, 2.75) is 38.6 Å². The van der Waals surface area contributed by atoms with E-state index in [1.807, 2.05) is 29.4 Å². The minimum absolute atomic E-state index is 0.0237. The first-order valence-electron chi connectivity index (χ1n) is 12.5. The number of likely N-dealkylation sites (tertiary alicyclic amines) is 1. The van der Waals surface area contributed by atoms with E-state index in [2.05, 4.69) is 32.5 Å². The van der Waals surface area contributed by atoms with Crippen molar-refractivity contribution in [3.05, 3.63) is 59.6 Å². The first-order chi connectivity index (χ1) is 17.5. The van der Waals surface area contributed by atoms with Gasteiger partial charge in [0.2, 0.25) is 0 Å². The highest BCUT2D eigenvalue weighted by Crippen LogP contribution is 2.30. The van der Waals surface area contributed by atoms with Crippen LogP contribution in [-0.2, 0) is 4.74 Å². The minimum atomic E-state index is 0.0237. The number of carbonyl (C=O) groups is 1. The number of piperidine rings is 1. The summed E-state index contributed by atoms with van der Waals surface area (Å²) in [6, 6.07) is 11.6. The lowest BCUT2D eigenvalue weighted by atomic mass is 9.93. The van der Waals surface area contributed by atoms with E-state index in [-0.39, 0.29) is 11.9 Å². The number of aromatic nitrogens is 4. The standard InChI is InChI=1S/C27H31ClN6O2/c1-2-20(34-17-31-24-25(34)21-5-3-4-6-22(21)32-26(24)29)16-36-14-11-18-9-12-33(13-10-18)27(35)19-7-8-23(28)30-15-19/h3-8,15,17-18,20H,2,9-14,16H2,1H3,(H2,29,32). The van der Waals surface area contributed by atoms with Gasteiger partial charge >= 0.3 is 0 Å². The van der Waals surface area contributed by atoms with E-state index in [1.165, 1.54) is 0 Å². The Bertz CT molecular complexity index is 1350. The van der Waals surface area contributed by atoms with Crippen molar-refractivity contribution in [3.8, 4) is 0 Å². The molecule has 0 radical (unpaired) electrons. The van der Waals surface area contributed by atoms with Crippen LogP contribution in [0.15, 0.2) is 48.9 Å². The van der Waals surface area contributed by atoms with Gasteiger partial charge in [-0.15, -0.1) is 0 Å². The molecule has 1 atom stereocenters. The van der Waals surface area contributed by atoms with Crippen LogP contribution in [-0.4, -0.2) is 56.6 Å². The van der Waals surface area contributed by atoms with Crippen LogP contribution in [0.1, 0.15) is 49.0 Å². The SMILES string of the molecule is CCC(COCCC1CCN(C(=O)c2ccc(Cl)nc2)CC1)n1cnc2c(N)nc3ccccc3c21. The monoisotopic (exact) mass is 506 g/mol. The highest BCUT2D eigenvalue weighted by Gasteiger charge is 2.24. The topological polar surface area (TPSA) is 99.2 Å². The number of fused-ring (bicyclic) bond motifs is 3. The Morgan fingerprint density at radius 3 is 2.75 bits per heavy atom. The maximum atomic E-state index is 12.7. The quantitative estimate of drug-likeness (QED) is 0.263. The van der Waals surface area contributed by atoms with Crippen molar-refractivity contribution in [3.63, 3.8) is 0 Å². The number of nitrogens with zero attached hydrogens (tertiary/aromatic N) is 5. The summed E-state index contributed by atoms with van der Waals surface area (Å²) in [5.74, 6) is 1.03. The number of halogens is 1. The third-order valence-corrected chi connectivity index (χ3v) is 7.38. The lowest BCUT2D eigenvalue weighted by Gasteiger charge is -2.32. The number of benzene rings is 1. The Labute approximate surface area is 215 Å². The third kappa shape index (κ3) is 5.01. The molecule has 1 aliphatic heterocycles. The number of anilines is 1. The fourth-order valence-electron chi connectivity index (χ4n) is 5.02. The number of pyridine rings is 2. The second-order valence-electron chi connectivity index (χ2n) is 9.39. The van der Waals surface area contributed by atoms with E-state index >= 15 is 0 Å². The molecule has 0 spiro atoms. The maximum Gasteiger partial charge on any atom is 0.255 e. The van der Waals surface area contributed by atoms with Gasteiger partial charge in [-0.05, 0) is 49.8 Å². The largest absolute Gasteiger partial charge is 0.382 e. The molecule has 9 heteroatoms. The minimum Gasteiger partial charge on any atom is -0.382 e. The molecule has 8 nitrogen and oxygen atoms in total. The van der Waals surface area contributed by atoms with E-state index in [0.29, 0.717) is 35.7 Å². The number of ether oxygens (including phenoxy) is 1. The predicted octanol–water partition coefficient (Wildman–Crippen LogP) is 5.13. The maximum absolute atomic E-state index is 12.7. The molecule has 188 valence electrons. The van der Waals surface area contributed by atoms with Crippen LogP contribution in [0.3, 0.4) is 0 Å². The van der Waals surface area contributed by atoms with Gasteiger partial charge in [0.1, 0.15) is 10.7 Å². The van der Waals surface area contributed by atoms with Gasteiger partial charge in [-0.25, -0.2) is 15.0 Å². The van der Waals surface area contributed by atoms with Gasteiger partial charge in [0.25, 0.3) is 5.91 Å². The van der Waals surface area contributed by atoms with Gasteiger partial charge in [-0.1, -0.05) is 36.7 Å². The summed E-state index contributed by atoms with van der Waals surface area (Å²) >= 11 is 5.83. The number of carbonyl (C=O) groups excluding carboxylic acids is 1. The molecule has 1 aliphatic rings. The molecule has 1 aromatic carbocycles. The van der Waals surface area contributed by atoms with Gasteiger partial charge < -0.3 is 19.9 Å². The van der Waals surface area contributed by atoms with Gasteiger partial charge in [-0.3, -0.25) is 4.79 Å². The molecule has 1 amide bonds. The average molecular weight is 507 g/mol. The van der Waals surface area contributed by atoms with Gasteiger partial charge in [0.15, 0.2) is 5.82 Å². The number of imidazole rings is 1. The van der Waals surface area contributed by atoms with E-state index in [9.17, 15) is 4.79 Å². The average Bonchev–Trinajstić information content (AvgIpc) is 3.35. The van der Waals surface area contributed by atoms with Crippen LogP contribution in [0, 0.1) is 5.92 Å². The molecule has 4 aromatic rings. The van der Waals surface area contributed by atoms with Crippen molar-refractivity contribution in [2.24, 2.45) is 5.92 Å². The Morgan fingerprint density at radius 2 is 2.00 bits per heavy atom. The summed E-state index contributed by atoms with van der Waals surface area (Å²) in [5.41, 5.74) is 9.41. The molecule has 1 saturated heterocycles. The van der Waals surface area contributed by atoms with E-state index < -0.39 is 0 Å². The summed E-state index contributed by atoms with van der Waals surface area (Å²) in [5, 5.41) is 1.44. The molecule has 5 rings (SSSR count). The zero-order chi connectivity index (χ0) is 25.1. The second kappa shape index (κ2) is 10.8. The fraction of sp³-hybridized carbons (Fsp3) is 0.407. The Kier molecular flexibility index (Phi) is 7.34. The number of nitrogens with two attached hydrogens (primary N) is 1. The van der Waals surface area contributed by atoms with E-state index in [4.69, 9.17) is 22.1 Å². The Hall–Kier alpha value is -3.23. The number of amides is 1. The summed E-state index contributed by atoms with van der Waals surface area (Å²) in [4.78, 5) is 27.7. The molecule has 3 aromatic heterocycles. The number of hydrogen-bond acceptors (Lipinski definition) is 6. The highest BCUT2D eigenvalue weighted by molar-refractivity contribution is 6.29. The van der Waals surface area contributed by atoms with Crippen LogP contribution < -0.4 is 5.73 Å². The number of para-hydroxylation sites is 1. The number of hydrogen-bond donors (Lipinski definition) is 1. The molecule has 0 bridgehead atoms. The van der Waals surface area contributed by atoms with Crippen LogP contribution in [0.5, 0.6) is 0 Å². The molecule has 1 unspecified atom stereocenters. The summed E-state index contributed by atoms with van der Waals surface area (Å²) in [6.07, 6.45) is 7.28. The Morgan fingerprint density at radius 1 is 1.19 bits per heavy atom. The van der Waals surface area contributed by atoms with Crippen molar-refractivity contribution in [1.82, 2.24) is 24.4 Å². The molecule has 1 fully saturated rings. The second-order valence-corrected chi connectivity index (χ2v) is 9.78. The number of rotatable bonds is 8. The van der Waals surface area contributed by atoms with Crippen molar-refractivity contribution >= 4 is 45.3 Å². The summed E-state index contributed by atoms with van der Waals surface area (Å²) < 4.78 is 8.35. The van der Waals surface area contributed by atoms with Crippen LogP contribution in [0.25, 0.3) is 21.9 Å². The molecular formula is C27H31ClN6O2. The zero-order valence-corrected chi connectivity index (χ0v) is 21.2. The fourth-order valence-corrected chi connectivity index (χ4v) is 5.13. The van der Waals surface area contributed by atoms with E-state index in [1.54, 1.807) is 18.3 Å². The van der Waals surface area contributed by atoms with Crippen LogP contribution in [0.2, 0.25) is 5.15 Å². The lowest BCUT2D eigenvalue weighted by molar-refractivity contribution is 0.0620. The van der Waals surface area contributed by atoms with Crippen molar-refractivity contribution < 1.29 is 9.53 Å². The normalized spacial score (nSPS) is 15.6. The molecule has 0 saturated carbocycles. The van der Waals surface area contributed by atoms with Crippen molar-refractivity contribution in [1.29, 1.82) is 0 Å². The first-order valence-corrected chi connectivity index (χ1v) is 12.9. The Balaban J connectivity index is 1.14. The molecule has 2 N–H and O–H groups in total. The summed E-state index contributed by atoms with van der Waals surface area (Å²) in [7, 11) is 0. The molecular weight excluding hydrogens is 476 g/mol. The zero-order valence-electron chi connectivity index (χ0n) is 20.4. The smallest absolute Gasteiger partial charge is 0.255 e. The molecule has 4 heterocycles. The predicted molar refractivity (Wildman–Crippen MR) is 142 cm³/mol. The van der Waals surface area contributed by atoms with Gasteiger partial charge in [-0.2, -0.15) is 0 Å². The van der Waals surface area contributed by atoms with Crippen molar-refractivity contribution in [2.75, 3.05) is 32.0 Å². The first kappa shape index (κ1) is 24.5. The highest BCUT2D eigenvalue weighted by atomic mass is 35.5. The van der Waals surface area contributed by atoms with Gasteiger partial charge in [0, 0.05) is 31.3 Å². The summed E-state index contributed by atoms with van der Waals surface area (Å²) in [6.45, 7) is 4.99. The molecule has 0 aliphatic carbocycles. The van der Waals surface area contributed by atoms with Crippen LogP contribution >= 0.6 is 11.6 Å². The molecule has 36 heavy (non-hydrogen) atoms. The third-order valence-electron chi connectivity index (χ3n) is 7.16. The number of nitrogen functional groups attached to an aromatic ring is 1. The lowest BCUT2D eigenvalue weighted by Crippen LogP contribution is -2.38. The van der Waals surface area contributed by atoms with E-state index in [0.717, 1.165) is 60.7 Å². The van der Waals surface area contributed by atoms with Gasteiger partial charge in [0.05, 0.1) is 35.6 Å². The van der Waals surface area contributed by atoms with Crippen LogP contribution in [0.4, 0.5) is 5.82 Å².